The minimum Gasteiger partial charge on any atom is -0.462 e. The Hall–Kier alpha value is -1.07. The van der Waals surface area contributed by atoms with Crippen LogP contribution in [0, 0.1) is 16.7 Å². The van der Waals surface area contributed by atoms with Gasteiger partial charge in [0.25, 0.3) is 0 Å². The molecule has 1 aromatic carbocycles. The highest BCUT2D eigenvalue weighted by Gasteiger charge is 2.61. The number of hydrogen-bond acceptors (Lipinski definition) is 4. The molecule has 4 atom stereocenters. The molecular weight excluding hydrogens is 440 g/mol. The minimum absolute atomic E-state index is 0.234. The van der Waals surface area contributed by atoms with Gasteiger partial charge >= 0.3 is 5.97 Å². The Morgan fingerprint density at radius 3 is 2.43 bits per heavy atom. The molecule has 4 nitrogen and oxygen atoms in total. The summed E-state index contributed by atoms with van der Waals surface area (Å²) in [6.07, 6.45) is 8.50. The maximum Gasteiger partial charge on any atom is 0.338 e. The van der Waals surface area contributed by atoms with Gasteiger partial charge in [-0.25, -0.2) is 4.79 Å². The minimum atomic E-state index is -0.234. The smallest absolute Gasteiger partial charge is 0.338 e. The van der Waals surface area contributed by atoms with Crippen molar-refractivity contribution in [2.45, 2.75) is 56.7 Å². The van der Waals surface area contributed by atoms with Crippen LogP contribution < -0.4 is 4.90 Å². The fourth-order valence-electron chi connectivity index (χ4n) is 7.84. The lowest BCUT2D eigenvalue weighted by Gasteiger charge is -2.65. The lowest BCUT2D eigenvalue weighted by atomic mass is 9.44. The van der Waals surface area contributed by atoms with Crippen molar-refractivity contribution < 1.29 is 9.53 Å². The van der Waals surface area contributed by atoms with Gasteiger partial charge in [0.05, 0.1) is 12.2 Å². The standard InChI is InChI=1S/C25H35BrN2O2/c1-3-30-22(29)20-4-6-21(7-5-20)28-10-8-27(9-11-28)18-24-13-19-12-23(2,15-24)16-25(26,14-19)17-24/h4-7,19H,3,8-18H2,1-2H3. The molecule has 0 amide bonds. The van der Waals surface area contributed by atoms with Crippen LogP contribution >= 0.6 is 15.9 Å². The van der Waals surface area contributed by atoms with E-state index in [1.165, 1.54) is 50.8 Å². The molecular formula is C25H35BrN2O2. The first-order chi connectivity index (χ1) is 14.3. The van der Waals surface area contributed by atoms with Crippen molar-refractivity contribution in [3.63, 3.8) is 0 Å². The SMILES string of the molecule is CCOC(=O)c1ccc(N2CCN(CC34CC5CC(C)(CC(Br)(C5)C3)C4)CC2)cc1. The highest BCUT2D eigenvalue weighted by molar-refractivity contribution is 9.10. The Morgan fingerprint density at radius 2 is 1.80 bits per heavy atom. The Morgan fingerprint density at radius 1 is 1.07 bits per heavy atom. The average Bonchev–Trinajstić information content (AvgIpc) is 2.66. The summed E-state index contributed by atoms with van der Waals surface area (Å²) in [6.45, 7) is 10.5. The van der Waals surface area contributed by atoms with Gasteiger partial charge in [0.15, 0.2) is 0 Å². The van der Waals surface area contributed by atoms with E-state index in [4.69, 9.17) is 4.74 Å². The quantitative estimate of drug-likeness (QED) is 0.438. The summed E-state index contributed by atoms with van der Waals surface area (Å²) in [5, 5.41) is 0. The molecule has 0 radical (unpaired) electrons. The molecule has 1 aromatic rings. The van der Waals surface area contributed by atoms with Crippen LogP contribution in [0.15, 0.2) is 24.3 Å². The zero-order chi connectivity index (χ0) is 21.0. The maximum atomic E-state index is 11.9. The molecule has 4 bridgehead atoms. The van der Waals surface area contributed by atoms with Gasteiger partial charge in [-0.15, -0.1) is 0 Å². The molecule has 5 aliphatic rings. The van der Waals surface area contributed by atoms with Crippen molar-refractivity contribution in [2.75, 3.05) is 44.2 Å². The average molecular weight is 475 g/mol. The highest BCUT2D eigenvalue weighted by Crippen LogP contribution is 2.68. The molecule has 0 spiro atoms. The molecule has 30 heavy (non-hydrogen) atoms. The van der Waals surface area contributed by atoms with Gasteiger partial charge in [0, 0.05) is 42.7 Å². The molecule has 4 unspecified atom stereocenters. The number of piperazine rings is 1. The number of hydrogen-bond donors (Lipinski definition) is 0. The fraction of sp³-hybridized carbons (Fsp3) is 0.720. The lowest BCUT2D eigenvalue weighted by Crippen LogP contribution is -2.61. The molecule has 4 saturated carbocycles. The number of alkyl halides is 1. The first kappa shape index (κ1) is 20.8. The van der Waals surface area contributed by atoms with Crippen molar-refractivity contribution in [1.29, 1.82) is 0 Å². The van der Waals surface area contributed by atoms with Crippen molar-refractivity contribution in [3.8, 4) is 0 Å². The second-order valence-corrected chi connectivity index (χ2v) is 12.7. The highest BCUT2D eigenvalue weighted by atomic mass is 79.9. The molecule has 1 aliphatic heterocycles. The Kier molecular flexibility index (Phi) is 5.21. The van der Waals surface area contributed by atoms with Gasteiger partial charge in [0.1, 0.15) is 0 Å². The molecule has 1 saturated heterocycles. The van der Waals surface area contributed by atoms with Gasteiger partial charge in [-0.1, -0.05) is 22.9 Å². The van der Waals surface area contributed by atoms with Crippen LogP contribution in [-0.2, 0) is 4.74 Å². The lowest BCUT2D eigenvalue weighted by molar-refractivity contribution is -0.0983. The summed E-state index contributed by atoms with van der Waals surface area (Å²) in [4.78, 5) is 17.1. The van der Waals surface area contributed by atoms with Crippen LogP contribution in [0.25, 0.3) is 0 Å². The summed E-state index contributed by atoms with van der Waals surface area (Å²) in [7, 11) is 0. The van der Waals surface area contributed by atoms with E-state index in [9.17, 15) is 4.79 Å². The number of benzene rings is 1. The van der Waals surface area contributed by atoms with E-state index in [1.54, 1.807) is 0 Å². The zero-order valence-electron chi connectivity index (χ0n) is 18.5. The van der Waals surface area contributed by atoms with E-state index in [0.717, 1.165) is 32.1 Å². The summed E-state index contributed by atoms with van der Waals surface area (Å²) in [5.74, 6) is 0.701. The zero-order valence-corrected chi connectivity index (χ0v) is 20.0. The molecule has 1 heterocycles. The van der Waals surface area contributed by atoms with E-state index in [2.05, 4.69) is 44.8 Å². The first-order valence-electron chi connectivity index (χ1n) is 11.7. The second kappa shape index (κ2) is 7.51. The van der Waals surface area contributed by atoms with Crippen LogP contribution in [0.2, 0.25) is 0 Å². The summed E-state index contributed by atoms with van der Waals surface area (Å²) in [6, 6.07) is 7.92. The van der Waals surface area contributed by atoms with Crippen molar-refractivity contribution in [2.24, 2.45) is 16.7 Å². The summed E-state index contributed by atoms with van der Waals surface area (Å²) >= 11 is 4.20. The molecule has 164 valence electrons. The van der Waals surface area contributed by atoms with Gasteiger partial charge in [0.2, 0.25) is 0 Å². The third kappa shape index (κ3) is 3.92. The number of esters is 1. The van der Waals surface area contributed by atoms with Gasteiger partial charge in [-0.3, -0.25) is 4.90 Å². The van der Waals surface area contributed by atoms with Gasteiger partial charge in [-0.2, -0.15) is 0 Å². The normalized spacial score (nSPS) is 38.1. The van der Waals surface area contributed by atoms with Crippen LogP contribution in [0.4, 0.5) is 5.69 Å². The largest absolute Gasteiger partial charge is 0.462 e. The van der Waals surface area contributed by atoms with Gasteiger partial charge < -0.3 is 9.64 Å². The van der Waals surface area contributed by atoms with E-state index < -0.39 is 0 Å². The number of rotatable bonds is 5. The number of carbonyl (C=O) groups is 1. The van der Waals surface area contributed by atoms with Crippen LogP contribution in [0.5, 0.6) is 0 Å². The fourth-order valence-corrected chi connectivity index (χ4v) is 9.57. The maximum absolute atomic E-state index is 11.9. The molecule has 0 aromatic heterocycles. The van der Waals surface area contributed by atoms with E-state index >= 15 is 0 Å². The van der Waals surface area contributed by atoms with E-state index in [0.29, 0.717) is 27.3 Å². The van der Waals surface area contributed by atoms with Crippen LogP contribution in [0.1, 0.15) is 62.7 Å². The predicted molar refractivity (Wildman–Crippen MR) is 124 cm³/mol. The Bertz CT molecular complexity index is 784. The van der Waals surface area contributed by atoms with Crippen molar-refractivity contribution >= 4 is 27.6 Å². The Balaban J connectivity index is 1.19. The van der Waals surface area contributed by atoms with E-state index in [1.807, 2.05) is 19.1 Å². The predicted octanol–water partition coefficient (Wildman–Crippen LogP) is 5.11. The van der Waals surface area contributed by atoms with Gasteiger partial charge in [-0.05, 0) is 86.5 Å². The molecule has 0 N–H and O–H groups in total. The number of nitrogens with zero attached hydrogens (tertiary/aromatic N) is 2. The third-order valence-electron chi connectivity index (χ3n) is 8.07. The van der Waals surface area contributed by atoms with E-state index in [-0.39, 0.29) is 5.97 Å². The number of ether oxygens (including phenoxy) is 1. The molecule has 5 fully saturated rings. The van der Waals surface area contributed by atoms with Crippen molar-refractivity contribution in [1.82, 2.24) is 4.90 Å². The molecule has 5 heteroatoms. The second-order valence-electron chi connectivity index (χ2n) is 11.0. The number of halogens is 1. The first-order valence-corrected chi connectivity index (χ1v) is 12.5. The number of anilines is 1. The summed E-state index contributed by atoms with van der Waals surface area (Å²) in [5.41, 5.74) is 2.94. The Labute approximate surface area is 189 Å². The summed E-state index contributed by atoms with van der Waals surface area (Å²) < 4.78 is 5.51. The molecule has 4 aliphatic carbocycles. The van der Waals surface area contributed by atoms with Crippen LogP contribution in [0.3, 0.4) is 0 Å². The third-order valence-corrected chi connectivity index (χ3v) is 8.95. The number of carbonyl (C=O) groups excluding carboxylic acids is 1. The topological polar surface area (TPSA) is 32.8 Å². The van der Waals surface area contributed by atoms with Crippen LogP contribution in [-0.4, -0.2) is 54.5 Å². The monoisotopic (exact) mass is 474 g/mol. The molecule has 6 rings (SSSR count). The van der Waals surface area contributed by atoms with Crippen molar-refractivity contribution in [3.05, 3.63) is 29.8 Å².